The summed E-state index contributed by atoms with van der Waals surface area (Å²) < 4.78 is 25.8. The van der Waals surface area contributed by atoms with Crippen molar-refractivity contribution in [1.82, 2.24) is 0 Å². The lowest BCUT2D eigenvalue weighted by Crippen LogP contribution is -2.61. The van der Waals surface area contributed by atoms with E-state index in [1.165, 1.54) is 14.0 Å². The summed E-state index contributed by atoms with van der Waals surface area (Å²) in [6, 6.07) is -1.10. The van der Waals surface area contributed by atoms with Gasteiger partial charge in [-0.15, -0.1) is 0 Å². The van der Waals surface area contributed by atoms with Gasteiger partial charge in [0.2, 0.25) is 0 Å². The van der Waals surface area contributed by atoms with Crippen LogP contribution >= 0.6 is 0 Å². The highest BCUT2D eigenvalue weighted by atomic mass is 16.7. The Bertz CT molecular complexity index is 533. The number of carbonyl (C=O) groups excluding carboxylic acids is 3. The van der Waals surface area contributed by atoms with Crippen molar-refractivity contribution in [3.05, 3.63) is 10.4 Å². The molecule has 0 aromatic heterocycles. The summed E-state index contributed by atoms with van der Waals surface area (Å²) >= 11 is 0. The molecule has 0 spiro atoms. The van der Waals surface area contributed by atoms with Crippen molar-refractivity contribution < 1.29 is 38.1 Å². The molecule has 1 fully saturated rings. The number of nitrogens with zero attached hydrogens (tertiary/aromatic N) is 3. The van der Waals surface area contributed by atoms with Gasteiger partial charge in [-0.3, -0.25) is 14.4 Å². The number of esters is 3. The average molecular weight is 345 g/mol. The van der Waals surface area contributed by atoms with E-state index in [9.17, 15) is 14.4 Å². The van der Waals surface area contributed by atoms with Crippen molar-refractivity contribution in [2.45, 2.75) is 51.4 Å². The Labute approximate surface area is 137 Å². The van der Waals surface area contributed by atoms with Crippen LogP contribution in [0, 0.1) is 0 Å². The first-order chi connectivity index (χ1) is 11.3. The number of ether oxygens (including phenoxy) is 5. The van der Waals surface area contributed by atoms with E-state index in [1.807, 2.05) is 0 Å². The van der Waals surface area contributed by atoms with Gasteiger partial charge >= 0.3 is 17.9 Å². The van der Waals surface area contributed by atoms with Crippen LogP contribution in [-0.2, 0) is 38.1 Å². The van der Waals surface area contributed by atoms with Gasteiger partial charge < -0.3 is 23.7 Å². The van der Waals surface area contributed by atoms with Crippen molar-refractivity contribution in [2.75, 3.05) is 13.7 Å². The maximum absolute atomic E-state index is 11.4. The van der Waals surface area contributed by atoms with E-state index in [1.54, 1.807) is 0 Å². The largest absolute Gasteiger partial charge is 0.463 e. The predicted octanol–water partition coefficient (Wildman–Crippen LogP) is 0.463. The van der Waals surface area contributed by atoms with Crippen molar-refractivity contribution in [3.63, 3.8) is 0 Å². The Morgan fingerprint density at radius 3 is 2.12 bits per heavy atom. The molecule has 1 heterocycles. The molecule has 0 amide bonds. The topological polar surface area (TPSA) is 146 Å². The molecule has 5 atom stereocenters. The van der Waals surface area contributed by atoms with Crippen molar-refractivity contribution >= 4 is 17.9 Å². The zero-order valence-corrected chi connectivity index (χ0v) is 13.7. The Morgan fingerprint density at radius 2 is 1.67 bits per heavy atom. The van der Waals surface area contributed by atoms with E-state index < -0.39 is 48.6 Å². The molecule has 0 aromatic carbocycles. The van der Waals surface area contributed by atoms with Crippen LogP contribution in [0.1, 0.15) is 20.8 Å². The van der Waals surface area contributed by atoms with Crippen LogP contribution in [0.4, 0.5) is 0 Å². The summed E-state index contributed by atoms with van der Waals surface area (Å²) in [4.78, 5) is 36.5. The second kappa shape index (κ2) is 9.06. The molecule has 11 nitrogen and oxygen atoms in total. The molecule has 11 heteroatoms. The van der Waals surface area contributed by atoms with Crippen LogP contribution in [0.25, 0.3) is 10.4 Å². The SMILES string of the molecule is COC1O[C@H](COC(C)=O)[C@H](OC(C)=O)[C@H](OC(C)=O)[C@H]1N=[N+]=[N-]. The second-order valence-electron chi connectivity index (χ2n) is 4.92. The minimum absolute atomic E-state index is 0.270. The first kappa shape index (κ1) is 19.7. The highest BCUT2D eigenvalue weighted by molar-refractivity contribution is 5.68. The number of carbonyl (C=O) groups is 3. The van der Waals surface area contributed by atoms with Gasteiger partial charge in [-0.05, 0) is 5.53 Å². The van der Waals surface area contributed by atoms with E-state index in [2.05, 4.69) is 10.0 Å². The first-order valence-electron chi connectivity index (χ1n) is 7.00. The molecule has 24 heavy (non-hydrogen) atoms. The molecule has 0 aliphatic carbocycles. The Balaban J connectivity index is 3.18. The van der Waals surface area contributed by atoms with Gasteiger partial charge in [0, 0.05) is 32.8 Å². The van der Waals surface area contributed by atoms with E-state index in [4.69, 9.17) is 29.2 Å². The summed E-state index contributed by atoms with van der Waals surface area (Å²) in [5, 5.41) is 3.51. The molecular weight excluding hydrogens is 326 g/mol. The maximum atomic E-state index is 11.4. The quantitative estimate of drug-likeness (QED) is 0.222. The normalized spacial score (nSPS) is 29.1. The number of hydrogen-bond donors (Lipinski definition) is 0. The van der Waals surface area contributed by atoms with E-state index in [-0.39, 0.29) is 6.61 Å². The third-order valence-electron chi connectivity index (χ3n) is 3.09. The Morgan fingerprint density at radius 1 is 1.08 bits per heavy atom. The lowest BCUT2D eigenvalue weighted by Gasteiger charge is -2.42. The monoisotopic (exact) mass is 345 g/mol. The molecule has 0 saturated carbocycles. The Hall–Kier alpha value is -2.36. The van der Waals surface area contributed by atoms with E-state index in [0.717, 1.165) is 13.8 Å². The zero-order valence-electron chi connectivity index (χ0n) is 13.7. The van der Waals surface area contributed by atoms with Crippen LogP contribution in [0.3, 0.4) is 0 Å². The van der Waals surface area contributed by atoms with Crippen molar-refractivity contribution in [2.24, 2.45) is 5.11 Å². The molecule has 1 aliphatic rings. The highest BCUT2D eigenvalue weighted by Gasteiger charge is 2.50. The van der Waals surface area contributed by atoms with Crippen LogP contribution in [0.5, 0.6) is 0 Å². The lowest BCUT2D eigenvalue weighted by atomic mass is 9.97. The summed E-state index contributed by atoms with van der Waals surface area (Å²) in [5.74, 6) is -1.93. The number of rotatable bonds is 6. The molecule has 134 valence electrons. The molecule has 0 radical (unpaired) electrons. The van der Waals surface area contributed by atoms with Crippen LogP contribution in [-0.4, -0.2) is 62.3 Å². The highest BCUT2D eigenvalue weighted by Crippen LogP contribution is 2.29. The standard InChI is InChI=1S/C13H19N3O8/c1-6(17)21-5-9-11(22-7(2)18)12(23-8(3)19)10(15-16-14)13(20-4)24-9/h9-13H,5H2,1-4H3/t9-,10-,11+,12-,13?/m1/s1. The van der Waals surface area contributed by atoms with E-state index >= 15 is 0 Å². The van der Waals surface area contributed by atoms with Gasteiger partial charge in [-0.2, -0.15) is 0 Å². The van der Waals surface area contributed by atoms with Gasteiger partial charge in [0.05, 0.1) is 0 Å². The molecule has 0 bridgehead atoms. The average Bonchev–Trinajstić information content (AvgIpc) is 2.48. The molecule has 0 aromatic rings. The minimum atomic E-state index is -1.17. The molecule has 1 saturated heterocycles. The van der Waals surface area contributed by atoms with Crippen LogP contribution in [0.15, 0.2) is 5.11 Å². The summed E-state index contributed by atoms with van der Waals surface area (Å²) in [7, 11) is 1.30. The number of hydrogen-bond acceptors (Lipinski definition) is 9. The maximum Gasteiger partial charge on any atom is 0.303 e. The predicted molar refractivity (Wildman–Crippen MR) is 76.3 cm³/mol. The third-order valence-corrected chi connectivity index (χ3v) is 3.09. The van der Waals surface area contributed by atoms with Gasteiger partial charge in [-0.1, -0.05) is 5.11 Å². The van der Waals surface area contributed by atoms with Crippen molar-refractivity contribution in [3.8, 4) is 0 Å². The van der Waals surface area contributed by atoms with Gasteiger partial charge in [0.25, 0.3) is 0 Å². The third kappa shape index (κ3) is 5.37. The van der Waals surface area contributed by atoms with Crippen molar-refractivity contribution in [1.29, 1.82) is 0 Å². The Kier molecular flexibility index (Phi) is 7.43. The fourth-order valence-electron chi connectivity index (χ4n) is 2.26. The van der Waals surface area contributed by atoms with Gasteiger partial charge in [0.15, 0.2) is 18.5 Å². The van der Waals surface area contributed by atoms with E-state index in [0.29, 0.717) is 0 Å². The van der Waals surface area contributed by atoms with Crippen LogP contribution < -0.4 is 0 Å². The lowest BCUT2D eigenvalue weighted by molar-refractivity contribution is -0.267. The molecule has 1 aliphatic heterocycles. The minimum Gasteiger partial charge on any atom is -0.463 e. The second-order valence-corrected chi connectivity index (χ2v) is 4.92. The fraction of sp³-hybridized carbons (Fsp3) is 0.769. The fourth-order valence-corrected chi connectivity index (χ4v) is 2.26. The molecule has 1 rings (SSSR count). The number of methoxy groups -OCH3 is 1. The first-order valence-corrected chi connectivity index (χ1v) is 7.00. The summed E-state index contributed by atoms with van der Waals surface area (Å²) in [5.41, 5.74) is 8.72. The molecule has 1 unspecified atom stereocenters. The smallest absolute Gasteiger partial charge is 0.303 e. The zero-order chi connectivity index (χ0) is 18.3. The van der Waals surface area contributed by atoms with Gasteiger partial charge in [0.1, 0.15) is 18.8 Å². The molecule has 0 N–H and O–H groups in total. The summed E-state index contributed by atoms with van der Waals surface area (Å²) in [6.45, 7) is 3.23. The van der Waals surface area contributed by atoms with Gasteiger partial charge in [-0.25, -0.2) is 0 Å². The van der Waals surface area contributed by atoms with Crippen LogP contribution in [0.2, 0.25) is 0 Å². The number of azide groups is 1. The molecular formula is C13H19N3O8. The summed E-state index contributed by atoms with van der Waals surface area (Å²) in [6.07, 6.45) is -4.37.